The third-order valence-corrected chi connectivity index (χ3v) is 4.15. The standard InChI is InChI=1S/C10H19N/c1-9-3-6-10(11-2,7-4-9)8-5-9/h11H,3-8H2,1-2H3. The molecule has 0 aromatic heterocycles. The summed E-state index contributed by atoms with van der Waals surface area (Å²) in [5, 5.41) is 3.52. The van der Waals surface area contributed by atoms with Gasteiger partial charge in [-0.2, -0.15) is 0 Å². The Bertz CT molecular complexity index is 138. The van der Waals surface area contributed by atoms with E-state index >= 15 is 0 Å². The van der Waals surface area contributed by atoms with Crippen molar-refractivity contribution in [3.63, 3.8) is 0 Å². The van der Waals surface area contributed by atoms with E-state index in [2.05, 4.69) is 19.3 Å². The molecule has 64 valence electrons. The van der Waals surface area contributed by atoms with Gasteiger partial charge >= 0.3 is 0 Å². The van der Waals surface area contributed by atoms with Crippen molar-refractivity contribution in [3.8, 4) is 0 Å². The minimum absolute atomic E-state index is 0.553. The van der Waals surface area contributed by atoms with Crippen LogP contribution in [0.5, 0.6) is 0 Å². The summed E-state index contributed by atoms with van der Waals surface area (Å²) in [5.41, 5.74) is 1.27. The van der Waals surface area contributed by atoms with Crippen LogP contribution in [0.1, 0.15) is 45.4 Å². The molecule has 0 heterocycles. The molecular weight excluding hydrogens is 134 g/mol. The normalized spacial score (nSPS) is 49.6. The lowest BCUT2D eigenvalue weighted by molar-refractivity contribution is 0.0419. The SMILES string of the molecule is CNC12CCC(C)(CC1)CC2. The van der Waals surface area contributed by atoms with Gasteiger partial charge in [-0.1, -0.05) is 6.92 Å². The van der Waals surface area contributed by atoms with Gasteiger partial charge in [0.05, 0.1) is 0 Å². The van der Waals surface area contributed by atoms with E-state index < -0.39 is 0 Å². The molecule has 3 fully saturated rings. The van der Waals surface area contributed by atoms with Crippen molar-refractivity contribution < 1.29 is 0 Å². The van der Waals surface area contributed by atoms with Crippen LogP contribution in [0, 0.1) is 5.41 Å². The summed E-state index contributed by atoms with van der Waals surface area (Å²) in [7, 11) is 2.13. The molecule has 0 saturated heterocycles. The average Bonchev–Trinajstić information content (AvgIpc) is 2.07. The monoisotopic (exact) mass is 153 g/mol. The van der Waals surface area contributed by atoms with Gasteiger partial charge in [0.25, 0.3) is 0 Å². The second-order valence-corrected chi connectivity index (χ2v) is 4.84. The molecule has 1 nitrogen and oxygen atoms in total. The molecule has 0 aliphatic heterocycles. The van der Waals surface area contributed by atoms with E-state index in [0.717, 1.165) is 5.41 Å². The number of rotatable bonds is 1. The van der Waals surface area contributed by atoms with Crippen molar-refractivity contribution in [1.82, 2.24) is 5.32 Å². The average molecular weight is 153 g/mol. The molecule has 0 aromatic rings. The number of hydrogen-bond donors (Lipinski definition) is 1. The molecule has 1 heteroatoms. The molecule has 3 saturated carbocycles. The summed E-state index contributed by atoms with van der Waals surface area (Å²) in [6, 6.07) is 0. The molecule has 0 radical (unpaired) electrons. The fraction of sp³-hybridized carbons (Fsp3) is 1.00. The molecule has 0 aromatic carbocycles. The molecule has 3 aliphatic carbocycles. The molecule has 0 unspecified atom stereocenters. The van der Waals surface area contributed by atoms with Crippen LogP contribution in [0.25, 0.3) is 0 Å². The summed E-state index contributed by atoms with van der Waals surface area (Å²) >= 11 is 0. The highest BCUT2D eigenvalue weighted by Crippen LogP contribution is 2.51. The Labute approximate surface area is 69.6 Å². The summed E-state index contributed by atoms with van der Waals surface area (Å²) in [5.74, 6) is 0. The quantitative estimate of drug-likeness (QED) is 0.609. The number of hydrogen-bond acceptors (Lipinski definition) is 1. The van der Waals surface area contributed by atoms with Gasteiger partial charge in [-0.3, -0.25) is 0 Å². The fourth-order valence-corrected chi connectivity index (χ4v) is 2.75. The van der Waals surface area contributed by atoms with E-state index in [4.69, 9.17) is 0 Å². The Balaban J connectivity index is 2.12. The maximum Gasteiger partial charge on any atom is 0.0179 e. The third-order valence-electron chi connectivity index (χ3n) is 4.15. The van der Waals surface area contributed by atoms with E-state index in [1.54, 1.807) is 0 Å². The van der Waals surface area contributed by atoms with Crippen LogP contribution in [-0.4, -0.2) is 12.6 Å². The van der Waals surface area contributed by atoms with Crippen molar-refractivity contribution in [2.24, 2.45) is 5.41 Å². The molecule has 1 N–H and O–H groups in total. The smallest absolute Gasteiger partial charge is 0.0179 e. The van der Waals surface area contributed by atoms with Crippen molar-refractivity contribution in [3.05, 3.63) is 0 Å². The summed E-state index contributed by atoms with van der Waals surface area (Å²) in [6.07, 6.45) is 8.61. The zero-order valence-electron chi connectivity index (χ0n) is 7.74. The topological polar surface area (TPSA) is 12.0 Å². The van der Waals surface area contributed by atoms with Gasteiger partial charge in [-0.15, -0.1) is 0 Å². The maximum atomic E-state index is 3.52. The molecule has 3 rings (SSSR count). The van der Waals surface area contributed by atoms with Crippen LogP contribution in [0.4, 0.5) is 0 Å². The number of nitrogens with one attached hydrogen (secondary N) is 1. The highest BCUT2D eigenvalue weighted by Gasteiger charge is 2.44. The van der Waals surface area contributed by atoms with Gasteiger partial charge < -0.3 is 5.32 Å². The second-order valence-electron chi connectivity index (χ2n) is 4.84. The Morgan fingerprint density at radius 1 is 0.909 bits per heavy atom. The lowest BCUT2D eigenvalue weighted by Gasteiger charge is -2.52. The molecule has 0 atom stereocenters. The first-order chi connectivity index (χ1) is 5.18. The lowest BCUT2D eigenvalue weighted by atomic mass is 9.58. The Morgan fingerprint density at radius 3 is 1.73 bits per heavy atom. The van der Waals surface area contributed by atoms with Gasteiger partial charge in [0.2, 0.25) is 0 Å². The van der Waals surface area contributed by atoms with Crippen LogP contribution >= 0.6 is 0 Å². The Hall–Kier alpha value is -0.0400. The van der Waals surface area contributed by atoms with E-state index in [9.17, 15) is 0 Å². The van der Waals surface area contributed by atoms with E-state index in [-0.39, 0.29) is 0 Å². The Morgan fingerprint density at radius 2 is 1.36 bits per heavy atom. The molecule has 11 heavy (non-hydrogen) atoms. The van der Waals surface area contributed by atoms with Crippen LogP contribution in [-0.2, 0) is 0 Å². The molecule has 0 amide bonds. The molecule has 0 spiro atoms. The van der Waals surface area contributed by atoms with Crippen molar-refractivity contribution in [2.75, 3.05) is 7.05 Å². The zero-order valence-corrected chi connectivity index (χ0v) is 7.74. The second kappa shape index (κ2) is 2.22. The van der Waals surface area contributed by atoms with Gasteiger partial charge in [0.15, 0.2) is 0 Å². The van der Waals surface area contributed by atoms with Gasteiger partial charge in [-0.25, -0.2) is 0 Å². The highest BCUT2D eigenvalue weighted by atomic mass is 14.9. The largest absolute Gasteiger partial charge is 0.314 e. The van der Waals surface area contributed by atoms with Crippen LogP contribution in [0.2, 0.25) is 0 Å². The lowest BCUT2D eigenvalue weighted by Crippen LogP contribution is -2.52. The highest BCUT2D eigenvalue weighted by molar-refractivity contribution is 5.01. The van der Waals surface area contributed by atoms with Crippen LogP contribution in [0.15, 0.2) is 0 Å². The zero-order chi connectivity index (χ0) is 7.95. The van der Waals surface area contributed by atoms with Crippen molar-refractivity contribution in [1.29, 1.82) is 0 Å². The van der Waals surface area contributed by atoms with E-state index in [1.807, 2.05) is 0 Å². The van der Waals surface area contributed by atoms with Crippen LogP contribution in [0.3, 0.4) is 0 Å². The minimum atomic E-state index is 0.553. The van der Waals surface area contributed by atoms with Crippen molar-refractivity contribution >= 4 is 0 Å². The van der Waals surface area contributed by atoms with Crippen molar-refractivity contribution in [2.45, 2.75) is 51.0 Å². The fourth-order valence-electron chi connectivity index (χ4n) is 2.75. The number of fused-ring (bicyclic) bond motifs is 3. The molecule has 3 aliphatic rings. The Kier molecular flexibility index (Phi) is 1.54. The minimum Gasteiger partial charge on any atom is -0.314 e. The molecule has 2 bridgehead atoms. The third kappa shape index (κ3) is 1.10. The summed E-state index contributed by atoms with van der Waals surface area (Å²) in [6.45, 7) is 2.46. The predicted octanol–water partition coefficient (Wildman–Crippen LogP) is 2.32. The molecular formula is C10H19N. The van der Waals surface area contributed by atoms with E-state index in [1.165, 1.54) is 38.5 Å². The van der Waals surface area contributed by atoms with E-state index in [0.29, 0.717) is 5.54 Å². The van der Waals surface area contributed by atoms with Crippen LogP contribution < -0.4 is 5.32 Å². The summed E-state index contributed by atoms with van der Waals surface area (Å²) in [4.78, 5) is 0. The van der Waals surface area contributed by atoms with Gasteiger partial charge in [-0.05, 0) is 51.0 Å². The first-order valence-electron chi connectivity index (χ1n) is 4.87. The maximum absolute atomic E-state index is 3.52. The first kappa shape index (κ1) is 7.60. The first-order valence-corrected chi connectivity index (χ1v) is 4.87. The van der Waals surface area contributed by atoms with Gasteiger partial charge in [0, 0.05) is 5.54 Å². The van der Waals surface area contributed by atoms with Gasteiger partial charge in [0.1, 0.15) is 0 Å². The summed E-state index contributed by atoms with van der Waals surface area (Å²) < 4.78 is 0. The predicted molar refractivity (Wildman–Crippen MR) is 47.6 cm³/mol.